The van der Waals surface area contributed by atoms with Gasteiger partial charge in [0.25, 0.3) is 0 Å². The molecule has 0 aliphatic carbocycles. The summed E-state index contributed by atoms with van der Waals surface area (Å²) in [6.45, 7) is 0. The molecule has 9 heavy (non-hydrogen) atoms. The lowest BCUT2D eigenvalue weighted by molar-refractivity contribution is 0.258. The molecule has 0 bridgehead atoms. The molecule has 0 aliphatic rings. The van der Waals surface area contributed by atoms with Crippen LogP contribution in [0.5, 0.6) is 0 Å². The van der Waals surface area contributed by atoms with Crippen molar-refractivity contribution in [1.82, 2.24) is 3.71 Å². The first-order chi connectivity index (χ1) is 4.06. The number of halogens is 2. The third-order valence-corrected chi connectivity index (χ3v) is 3.05. The lowest BCUT2D eigenvalue weighted by Crippen LogP contribution is -1.98. The van der Waals surface area contributed by atoms with Crippen molar-refractivity contribution < 1.29 is 13.6 Å². The van der Waals surface area contributed by atoms with Crippen LogP contribution in [0, 0.1) is 0 Å². The van der Waals surface area contributed by atoms with E-state index in [0.29, 0.717) is 3.71 Å². The average molecular weight is 194 g/mol. The molecular formula is C2H6Cl2NO3P. The quantitative estimate of drug-likeness (QED) is 0.508. The number of rotatable bonds is 3. The molecule has 0 aromatic heterocycles. The lowest BCUT2D eigenvalue weighted by atomic mass is 11.8. The zero-order chi connectivity index (χ0) is 7.49. The van der Waals surface area contributed by atoms with E-state index in [1.807, 2.05) is 0 Å². The van der Waals surface area contributed by atoms with Crippen LogP contribution in [0.4, 0.5) is 0 Å². The largest absolute Gasteiger partial charge is 0.436 e. The molecule has 0 unspecified atom stereocenters. The summed E-state index contributed by atoms with van der Waals surface area (Å²) < 4.78 is 19.9. The molecule has 4 nitrogen and oxygen atoms in total. The second-order valence-corrected chi connectivity index (χ2v) is 4.44. The minimum Gasteiger partial charge on any atom is -0.298 e. The minimum atomic E-state index is -3.39. The number of hydrogen-bond acceptors (Lipinski definition) is 3. The topological polar surface area (TPSA) is 38.8 Å². The summed E-state index contributed by atoms with van der Waals surface area (Å²) in [7, 11) is -1.02. The van der Waals surface area contributed by atoms with Gasteiger partial charge in [-0.3, -0.25) is 9.05 Å². The first-order valence-corrected chi connectivity index (χ1v) is 4.07. The molecule has 0 spiro atoms. The monoisotopic (exact) mass is 193 g/mol. The molecule has 0 aliphatic heterocycles. The Kier molecular flexibility index (Phi) is 4.05. The molecule has 0 N–H and O–H groups in total. The molecule has 7 heteroatoms. The van der Waals surface area contributed by atoms with E-state index in [1.165, 1.54) is 14.2 Å². The van der Waals surface area contributed by atoms with Crippen molar-refractivity contribution in [3.63, 3.8) is 0 Å². The van der Waals surface area contributed by atoms with Crippen LogP contribution in [0.1, 0.15) is 0 Å². The maximum Gasteiger partial charge on any atom is 0.436 e. The van der Waals surface area contributed by atoms with Gasteiger partial charge in [0.15, 0.2) is 0 Å². The first-order valence-electron chi connectivity index (χ1n) is 1.90. The van der Waals surface area contributed by atoms with Crippen molar-refractivity contribution in [3.8, 4) is 0 Å². The summed E-state index contributed by atoms with van der Waals surface area (Å²) in [6.07, 6.45) is 0. The maximum absolute atomic E-state index is 10.9. The molecule has 0 radical (unpaired) electrons. The van der Waals surface area contributed by atoms with E-state index in [0.717, 1.165) is 0 Å². The summed E-state index contributed by atoms with van der Waals surface area (Å²) in [5.74, 6) is 0. The van der Waals surface area contributed by atoms with Crippen LogP contribution in [-0.2, 0) is 13.6 Å². The van der Waals surface area contributed by atoms with Gasteiger partial charge in [0.05, 0.1) is 0 Å². The number of hydrogen-bond donors (Lipinski definition) is 0. The van der Waals surface area contributed by atoms with Crippen LogP contribution in [0.15, 0.2) is 0 Å². The van der Waals surface area contributed by atoms with Gasteiger partial charge in [0.1, 0.15) is 0 Å². The van der Waals surface area contributed by atoms with Gasteiger partial charge in [-0.15, -0.1) is 0 Å². The Morgan fingerprint density at radius 1 is 1.33 bits per heavy atom. The standard InChI is InChI=1S/C2H6Cl2NO3P/c1-7-9(6,8-2)5(3)4/h1-2H3. The van der Waals surface area contributed by atoms with Crippen LogP contribution >= 0.6 is 31.3 Å². The van der Waals surface area contributed by atoms with E-state index < -0.39 is 7.75 Å². The van der Waals surface area contributed by atoms with Gasteiger partial charge in [-0.1, -0.05) is 0 Å². The van der Waals surface area contributed by atoms with Crippen LogP contribution in [0.2, 0.25) is 0 Å². The Morgan fingerprint density at radius 2 is 1.67 bits per heavy atom. The average Bonchev–Trinajstić information content (AvgIpc) is 1.86. The van der Waals surface area contributed by atoms with E-state index in [-0.39, 0.29) is 0 Å². The Hall–Kier alpha value is 0.690. The SMILES string of the molecule is COP(=O)(OC)N(Cl)Cl. The zero-order valence-corrected chi connectivity index (χ0v) is 7.28. The molecule has 0 saturated carbocycles. The van der Waals surface area contributed by atoms with Crippen molar-refractivity contribution in [2.75, 3.05) is 14.2 Å². The molecule has 0 amide bonds. The molecule has 0 fully saturated rings. The second kappa shape index (κ2) is 3.76. The molecular weight excluding hydrogens is 188 g/mol. The maximum atomic E-state index is 10.9. The minimum absolute atomic E-state index is 0.354. The van der Waals surface area contributed by atoms with Gasteiger partial charge in [0.2, 0.25) is 0 Å². The van der Waals surface area contributed by atoms with E-state index in [2.05, 4.69) is 9.05 Å². The Bertz CT molecular complexity index is 121. The molecule has 0 heterocycles. The van der Waals surface area contributed by atoms with Gasteiger partial charge in [-0.25, -0.2) is 4.57 Å². The van der Waals surface area contributed by atoms with Crippen molar-refractivity contribution in [2.45, 2.75) is 0 Å². The predicted molar refractivity (Wildman–Crippen MR) is 35.2 cm³/mol. The fourth-order valence-corrected chi connectivity index (χ4v) is 1.33. The van der Waals surface area contributed by atoms with Crippen molar-refractivity contribution in [2.24, 2.45) is 0 Å². The molecule has 0 saturated heterocycles. The molecule has 0 aromatic carbocycles. The van der Waals surface area contributed by atoms with E-state index >= 15 is 0 Å². The summed E-state index contributed by atoms with van der Waals surface area (Å²) in [5.41, 5.74) is 0. The summed E-state index contributed by atoms with van der Waals surface area (Å²) in [4.78, 5) is 0. The molecule has 56 valence electrons. The van der Waals surface area contributed by atoms with E-state index in [1.54, 1.807) is 0 Å². The fraction of sp³-hybridized carbons (Fsp3) is 1.00. The zero-order valence-electron chi connectivity index (χ0n) is 4.88. The first kappa shape index (κ1) is 9.69. The third kappa shape index (κ3) is 2.42. The summed E-state index contributed by atoms with van der Waals surface area (Å²) in [6, 6.07) is 0. The highest BCUT2D eigenvalue weighted by atomic mass is 35.5. The van der Waals surface area contributed by atoms with Crippen LogP contribution in [-0.4, -0.2) is 17.9 Å². The van der Waals surface area contributed by atoms with Gasteiger partial charge >= 0.3 is 7.75 Å². The van der Waals surface area contributed by atoms with Crippen molar-refractivity contribution in [3.05, 3.63) is 0 Å². The Morgan fingerprint density at radius 3 is 1.67 bits per heavy atom. The van der Waals surface area contributed by atoms with Crippen LogP contribution in [0.3, 0.4) is 0 Å². The Labute approximate surface area is 63.4 Å². The fourth-order valence-electron chi connectivity index (χ4n) is 0.198. The highest BCUT2D eigenvalue weighted by molar-refractivity contribution is 7.54. The van der Waals surface area contributed by atoms with Crippen LogP contribution < -0.4 is 0 Å². The van der Waals surface area contributed by atoms with Crippen molar-refractivity contribution in [1.29, 1.82) is 0 Å². The Balaban J connectivity index is 4.11. The molecule has 0 rings (SSSR count). The summed E-state index contributed by atoms with van der Waals surface area (Å²) >= 11 is 10.1. The van der Waals surface area contributed by atoms with Gasteiger partial charge < -0.3 is 0 Å². The highest BCUT2D eigenvalue weighted by Crippen LogP contribution is 2.53. The van der Waals surface area contributed by atoms with Gasteiger partial charge in [0, 0.05) is 37.8 Å². The van der Waals surface area contributed by atoms with Crippen molar-refractivity contribution >= 4 is 31.3 Å². The van der Waals surface area contributed by atoms with E-state index in [9.17, 15) is 4.57 Å². The lowest BCUT2D eigenvalue weighted by Gasteiger charge is -2.13. The smallest absolute Gasteiger partial charge is 0.298 e. The van der Waals surface area contributed by atoms with Crippen LogP contribution in [0.25, 0.3) is 0 Å². The third-order valence-electron chi connectivity index (χ3n) is 0.647. The summed E-state index contributed by atoms with van der Waals surface area (Å²) in [5, 5.41) is 0. The van der Waals surface area contributed by atoms with Gasteiger partial charge in [-0.2, -0.15) is 0 Å². The second-order valence-electron chi connectivity index (χ2n) is 1.05. The normalized spacial score (nSPS) is 12.6. The molecule has 0 atom stereocenters. The molecule has 0 aromatic rings. The highest BCUT2D eigenvalue weighted by Gasteiger charge is 2.28. The predicted octanol–water partition coefficient (Wildman–Crippen LogP) is 2.00. The van der Waals surface area contributed by atoms with Gasteiger partial charge in [-0.05, 0) is 3.71 Å². The van der Waals surface area contributed by atoms with E-state index in [4.69, 9.17) is 23.6 Å². The number of nitrogens with zero attached hydrogens (tertiary/aromatic N) is 1.